The number of nitrogens with one attached hydrogen (secondary N) is 1. The van der Waals surface area contributed by atoms with E-state index >= 15 is 0 Å². The average Bonchev–Trinajstić information content (AvgIpc) is 2.73. The number of rotatable bonds is 10. The summed E-state index contributed by atoms with van der Waals surface area (Å²) in [5.41, 5.74) is 2.36. The molecule has 1 aromatic carbocycles. The number of nitrogens with zero attached hydrogens (tertiary/aromatic N) is 3. The molecule has 0 spiro atoms. The normalized spacial score (nSPS) is 24.1. The van der Waals surface area contributed by atoms with Gasteiger partial charge in [0.2, 0.25) is 0 Å². The molecule has 1 aliphatic carbocycles. The van der Waals surface area contributed by atoms with E-state index in [1.54, 1.807) is 0 Å². The second-order valence-electron chi connectivity index (χ2n) is 9.18. The lowest BCUT2D eigenvalue weighted by molar-refractivity contribution is -0.124. The monoisotopic (exact) mass is 432 g/mol. The first kappa shape index (κ1) is 24.0. The van der Waals surface area contributed by atoms with Crippen molar-refractivity contribution in [2.24, 2.45) is 0 Å². The summed E-state index contributed by atoms with van der Waals surface area (Å²) in [6.45, 7) is 11.0. The van der Waals surface area contributed by atoms with Gasteiger partial charge in [-0.2, -0.15) is 0 Å². The summed E-state index contributed by atoms with van der Waals surface area (Å²) in [6.07, 6.45) is 2.23. The van der Waals surface area contributed by atoms with Crippen LogP contribution in [0.25, 0.3) is 0 Å². The molecule has 7 nitrogen and oxygen atoms in total. The van der Waals surface area contributed by atoms with Gasteiger partial charge in [-0.25, -0.2) is 4.79 Å². The predicted molar refractivity (Wildman–Crippen MR) is 123 cm³/mol. The number of carbonyl (C=O) groups excluding carboxylic acids is 1. The molecule has 174 valence electrons. The van der Waals surface area contributed by atoms with Crippen LogP contribution in [0.3, 0.4) is 0 Å². The molecule has 1 heterocycles. The summed E-state index contributed by atoms with van der Waals surface area (Å²) in [5, 5.41) is 3.27. The van der Waals surface area contributed by atoms with Crippen molar-refractivity contribution in [1.82, 2.24) is 20.0 Å². The van der Waals surface area contributed by atoms with E-state index in [0.717, 1.165) is 57.9 Å². The van der Waals surface area contributed by atoms with Crippen LogP contribution in [-0.4, -0.2) is 99.0 Å². The van der Waals surface area contributed by atoms with Crippen molar-refractivity contribution < 1.29 is 14.3 Å². The highest BCUT2D eigenvalue weighted by Gasteiger charge is 2.49. The quantitative estimate of drug-likeness (QED) is 0.615. The SMILES string of the molecule is CCOC1CC(CNC(=O)N(CCN(C)C)Cc2cccc(C)c2)(N2CCOCC2)C1. The fraction of sp³-hybridized carbons (Fsp3) is 0.708. The third-order valence-electron chi connectivity index (χ3n) is 6.43. The first-order valence-corrected chi connectivity index (χ1v) is 11.6. The van der Waals surface area contributed by atoms with E-state index < -0.39 is 0 Å². The maximum Gasteiger partial charge on any atom is 0.317 e. The van der Waals surface area contributed by atoms with Crippen LogP contribution < -0.4 is 5.32 Å². The van der Waals surface area contributed by atoms with Gasteiger partial charge in [-0.3, -0.25) is 4.90 Å². The zero-order valence-corrected chi connectivity index (χ0v) is 19.7. The Morgan fingerprint density at radius 1 is 1.26 bits per heavy atom. The summed E-state index contributed by atoms with van der Waals surface area (Å²) < 4.78 is 11.4. The van der Waals surface area contributed by atoms with Crippen LogP contribution in [0.15, 0.2) is 24.3 Å². The van der Waals surface area contributed by atoms with Crippen LogP contribution in [0.4, 0.5) is 4.79 Å². The molecule has 1 saturated carbocycles. The highest BCUT2D eigenvalue weighted by Crippen LogP contribution is 2.40. The van der Waals surface area contributed by atoms with Crippen LogP contribution >= 0.6 is 0 Å². The van der Waals surface area contributed by atoms with E-state index in [1.165, 1.54) is 5.56 Å². The lowest BCUT2D eigenvalue weighted by Gasteiger charge is -2.55. The van der Waals surface area contributed by atoms with Gasteiger partial charge in [0.05, 0.1) is 19.3 Å². The van der Waals surface area contributed by atoms with Crippen LogP contribution in [0, 0.1) is 6.92 Å². The number of ether oxygens (including phenoxy) is 2. The molecule has 0 bridgehead atoms. The Morgan fingerprint density at radius 2 is 2.00 bits per heavy atom. The number of amides is 2. The smallest absolute Gasteiger partial charge is 0.317 e. The molecule has 0 aromatic heterocycles. The molecular weight excluding hydrogens is 392 g/mol. The van der Waals surface area contributed by atoms with E-state index in [1.807, 2.05) is 25.9 Å². The summed E-state index contributed by atoms with van der Waals surface area (Å²) in [5.74, 6) is 0. The number of aryl methyl sites for hydroxylation is 1. The zero-order valence-electron chi connectivity index (χ0n) is 19.7. The first-order valence-electron chi connectivity index (χ1n) is 11.6. The van der Waals surface area contributed by atoms with Crippen LogP contribution in [-0.2, 0) is 16.0 Å². The van der Waals surface area contributed by atoms with Crippen molar-refractivity contribution in [2.75, 3.05) is 66.6 Å². The topological polar surface area (TPSA) is 57.3 Å². The molecule has 7 heteroatoms. The molecule has 3 rings (SSSR count). The molecule has 31 heavy (non-hydrogen) atoms. The highest BCUT2D eigenvalue weighted by atomic mass is 16.5. The van der Waals surface area contributed by atoms with Gasteiger partial charge in [-0.05, 0) is 46.3 Å². The number of urea groups is 1. The number of hydrogen-bond acceptors (Lipinski definition) is 5. The van der Waals surface area contributed by atoms with Crippen LogP contribution in [0.2, 0.25) is 0 Å². The third-order valence-corrected chi connectivity index (χ3v) is 6.43. The van der Waals surface area contributed by atoms with E-state index in [2.05, 4.69) is 46.3 Å². The molecule has 0 radical (unpaired) electrons. The Bertz CT molecular complexity index is 700. The lowest BCUT2D eigenvalue weighted by atomic mass is 9.72. The summed E-state index contributed by atoms with van der Waals surface area (Å²) in [7, 11) is 4.08. The van der Waals surface area contributed by atoms with E-state index in [4.69, 9.17) is 9.47 Å². The Morgan fingerprint density at radius 3 is 2.65 bits per heavy atom. The second-order valence-corrected chi connectivity index (χ2v) is 9.18. The van der Waals surface area contributed by atoms with E-state index in [9.17, 15) is 4.79 Å². The molecule has 2 fully saturated rings. The average molecular weight is 433 g/mol. The number of carbonyl (C=O) groups is 1. The van der Waals surface area contributed by atoms with Crippen molar-refractivity contribution in [3.8, 4) is 0 Å². The Kier molecular flexibility index (Phi) is 8.72. The van der Waals surface area contributed by atoms with Crippen LogP contribution in [0.5, 0.6) is 0 Å². The first-order chi connectivity index (χ1) is 14.9. The molecule has 1 aromatic rings. The molecule has 1 N–H and O–H groups in total. The molecule has 1 saturated heterocycles. The van der Waals surface area contributed by atoms with E-state index in [-0.39, 0.29) is 11.6 Å². The van der Waals surface area contributed by atoms with Gasteiger partial charge in [0.15, 0.2) is 0 Å². The molecule has 2 aliphatic rings. The minimum absolute atomic E-state index is 0.0100. The van der Waals surface area contributed by atoms with E-state index in [0.29, 0.717) is 25.7 Å². The Labute approximate surface area is 187 Å². The van der Waals surface area contributed by atoms with Gasteiger partial charge in [-0.15, -0.1) is 0 Å². The zero-order chi connectivity index (χ0) is 22.3. The van der Waals surface area contributed by atoms with Gasteiger partial charge < -0.3 is 24.6 Å². The molecule has 0 atom stereocenters. The van der Waals surface area contributed by atoms with Gasteiger partial charge in [0.1, 0.15) is 0 Å². The lowest BCUT2D eigenvalue weighted by Crippen LogP contribution is -2.67. The predicted octanol–water partition coefficient (Wildman–Crippen LogP) is 2.34. The fourth-order valence-electron chi connectivity index (χ4n) is 4.65. The highest BCUT2D eigenvalue weighted by molar-refractivity contribution is 5.74. The molecular formula is C24H40N4O3. The number of hydrogen-bond donors (Lipinski definition) is 1. The van der Waals surface area contributed by atoms with Crippen LogP contribution in [0.1, 0.15) is 30.9 Å². The second kappa shape index (κ2) is 11.3. The van der Waals surface area contributed by atoms with Crippen molar-refractivity contribution in [3.05, 3.63) is 35.4 Å². The number of benzene rings is 1. The summed E-state index contributed by atoms with van der Waals surface area (Å²) >= 11 is 0. The number of likely N-dealkylation sites (N-methyl/N-ethyl adjacent to an activating group) is 1. The maximum absolute atomic E-state index is 13.2. The fourth-order valence-corrected chi connectivity index (χ4v) is 4.65. The maximum atomic E-state index is 13.2. The van der Waals surface area contributed by atoms with Crippen molar-refractivity contribution in [1.29, 1.82) is 0 Å². The van der Waals surface area contributed by atoms with Crippen molar-refractivity contribution in [2.45, 2.75) is 44.9 Å². The number of morpholine rings is 1. The Balaban J connectivity index is 1.64. The van der Waals surface area contributed by atoms with Crippen molar-refractivity contribution >= 4 is 6.03 Å². The minimum atomic E-state index is -0.0180. The van der Waals surface area contributed by atoms with Gasteiger partial charge in [0, 0.05) is 51.4 Å². The standard InChI is InChI=1S/C24H40N4O3/c1-5-31-22-16-24(17-22,28-11-13-30-14-12-28)19-25-23(29)27(10-9-26(3)4)18-21-8-6-7-20(2)15-21/h6-8,15,22H,5,9-14,16-19H2,1-4H3,(H,25,29). The van der Waals surface area contributed by atoms with Crippen molar-refractivity contribution in [3.63, 3.8) is 0 Å². The van der Waals surface area contributed by atoms with Gasteiger partial charge in [0.25, 0.3) is 0 Å². The Hall–Kier alpha value is -1.67. The summed E-state index contributed by atoms with van der Waals surface area (Å²) in [6, 6.07) is 8.41. The molecule has 2 amide bonds. The van der Waals surface area contributed by atoms with Gasteiger partial charge in [-0.1, -0.05) is 29.8 Å². The third kappa shape index (κ3) is 6.65. The summed E-state index contributed by atoms with van der Waals surface area (Å²) in [4.78, 5) is 19.8. The minimum Gasteiger partial charge on any atom is -0.379 e. The largest absolute Gasteiger partial charge is 0.379 e. The molecule has 0 unspecified atom stereocenters. The molecule has 1 aliphatic heterocycles. The van der Waals surface area contributed by atoms with Gasteiger partial charge >= 0.3 is 6.03 Å².